The van der Waals surface area contributed by atoms with Crippen LogP contribution in [0.15, 0.2) is 18.2 Å². The van der Waals surface area contributed by atoms with Gasteiger partial charge in [0, 0.05) is 30.8 Å². The minimum Gasteiger partial charge on any atom is -0.394 e. The fourth-order valence-corrected chi connectivity index (χ4v) is 2.17. The Kier molecular flexibility index (Phi) is 5.71. The molecule has 0 saturated heterocycles. The number of hydrogen-bond acceptors (Lipinski definition) is 4. The van der Waals surface area contributed by atoms with E-state index in [-0.39, 0.29) is 18.4 Å². The smallest absolute Gasteiger partial charge is 0.251 e. The lowest BCUT2D eigenvalue weighted by Crippen LogP contribution is -2.26. The maximum absolute atomic E-state index is 12.0. The molecule has 0 saturated carbocycles. The van der Waals surface area contributed by atoms with Gasteiger partial charge in [0.05, 0.1) is 13.2 Å². The summed E-state index contributed by atoms with van der Waals surface area (Å²) in [6.07, 6.45) is 1.82. The summed E-state index contributed by atoms with van der Waals surface area (Å²) in [6.45, 7) is 1.37. The van der Waals surface area contributed by atoms with Crippen LogP contribution in [0.2, 0.25) is 0 Å². The SMILES string of the molecule is O=C1CCc2cc(C(=O)NCCCOCCO)ccc2N1. The van der Waals surface area contributed by atoms with Crippen LogP contribution < -0.4 is 10.6 Å². The lowest BCUT2D eigenvalue weighted by molar-refractivity contribution is -0.116. The Morgan fingerprint density at radius 1 is 1.33 bits per heavy atom. The van der Waals surface area contributed by atoms with Crippen molar-refractivity contribution < 1.29 is 19.4 Å². The number of aliphatic hydroxyl groups is 1. The molecule has 1 aliphatic rings. The lowest BCUT2D eigenvalue weighted by atomic mass is 10.00. The van der Waals surface area contributed by atoms with Gasteiger partial charge in [-0.25, -0.2) is 0 Å². The van der Waals surface area contributed by atoms with Gasteiger partial charge in [0.2, 0.25) is 5.91 Å². The number of anilines is 1. The molecule has 0 aliphatic carbocycles. The summed E-state index contributed by atoms with van der Waals surface area (Å²) in [6, 6.07) is 5.31. The molecule has 1 aromatic rings. The highest BCUT2D eigenvalue weighted by molar-refractivity contribution is 5.97. The molecule has 114 valence electrons. The molecule has 0 atom stereocenters. The summed E-state index contributed by atoms with van der Waals surface area (Å²) < 4.78 is 5.11. The second-order valence-electron chi connectivity index (χ2n) is 4.87. The van der Waals surface area contributed by atoms with E-state index in [1.807, 2.05) is 6.07 Å². The first-order chi connectivity index (χ1) is 10.2. The number of aryl methyl sites for hydroxylation is 1. The molecule has 0 fully saturated rings. The van der Waals surface area contributed by atoms with Crippen LogP contribution >= 0.6 is 0 Å². The highest BCUT2D eigenvalue weighted by Crippen LogP contribution is 2.23. The van der Waals surface area contributed by atoms with Crippen LogP contribution in [-0.4, -0.2) is 43.3 Å². The van der Waals surface area contributed by atoms with Gasteiger partial charge in [-0.2, -0.15) is 0 Å². The summed E-state index contributed by atoms with van der Waals surface area (Å²) in [7, 11) is 0. The number of benzene rings is 1. The summed E-state index contributed by atoms with van der Waals surface area (Å²) in [4.78, 5) is 23.3. The molecule has 1 aliphatic heterocycles. The number of nitrogens with one attached hydrogen (secondary N) is 2. The zero-order valence-electron chi connectivity index (χ0n) is 11.9. The molecule has 6 heteroatoms. The topological polar surface area (TPSA) is 87.7 Å². The van der Waals surface area contributed by atoms with Crippen molar-refractivity contribution in [2.75, 3.05) is 31.7 Å². The third-order valence-corrected chi connectivity index (χ3v) is 3.25. The van der Waals surface area contributed by atoms with E-state index in [4.69, 9.17) is 9.84 Å². The quantitative estimate of drug-likeness (QED) is 0.646. The summed E-state index contributed by atoms with van der Waals surface area (Å²) in [5.74, 6) is -0.112. The molecule has 3 N–H and O–H groups in total. The van der Waals surface area contributed by atoms with E-state index in [1.165, 1.54) is 0 Å². The largest absolute Gasteiger partial charge is 0.394 e. The Morgan fingerprint density at radius 3 is 3.00 bits per heavy atom. The Bertz CT molecular complexity index is 516. The molecular formula is C15H20N2O4. The van der Waals surface area contributed by atoms with Crippen LogP contribution in [0.25, 0.3) is 0 Å². The number of hydrogen-bond donors (Lipinski definition) is 3. The van der Waals surface area contributed by atoms with E-state index in [9.17, 15) is 9.59 Å². The first-order valence-corrected chi connectivity index (χ1v) is 7.10. The van der Waals surface area contributed by atoms with Crippen molar-refractivity contribution in [1.82, 2.24) is 5.32 Å². The third kappa shape index (κ3) is 4.54. The van der Waals surface area contributed by atoms with E-state index in [1.54, 1.807) is 12.1 Å². The first kappa shape index (κ1) is 15.5. The van der Waals surface area contributed by atoms with Crippen molar-refractivity contribution in [3.8, 4) is 0 Å². The van der Waals surface area contributed by atoms with Crippen LogP contribution in [0.4, 0.5) is 5.69 Å². The average Bonchev–Trinajstić information content (AvgIpc) is 2.50. The van der Waals surface area contributed by atoms with Gasteiger partial charge in [-0.1, -0.05) is 0 Å². The van der Waals surface area contributed by atoms with Gasteiger partial charge in [-0.3, -0.25) is 9.59 Å². The van der Waals surface area contributed by atoms with Gasteiger partial charge >= 0.3 is 0 Å². The van der Waals surface area contributed by atoms with Crippen LogP contribution in [0, 0.1) is 0 Å². The molecule has 0 bridgehead atoms. The second-order valence-corrected chi connectivity index (χ2v) is 4.87. The Balaban J connectivity index is 1.81. The third-order valence-electron chi connectivity index (χ3n) is 3.25. The van der Waals surface area contributed by atoms with Gasteiger partial charge in [0.1, 0.15) is 0 Å². The fraction of sp³-hybridized carbons (Fsp3) is 0.467. The molecule has 2 amide bonds. The standard InChI is InChI=1S/C15H20N2O4/c18-7-9-21-8-1-6-16-15(20)12-2-4-13-11(10-12)3-5-14(19)17-13/h2,4,10,18H,1,3,5-9H2,(H,16,20)(H,17,19). The average molecular weight is 292 g/mol. The number of fused-ring (bicyclic) bond motifs is 1. The summed E-state index contributed by atoms with van der Waals surface area (Å²) >= 11 is 0. The number of rotatable bonds is 7. The molecule has 0 unspecified atom stereocenters. The predicted octanol–water partition coefficient (Wildman–Crippen LogP) is 0.700. The highest BCUT2D eigenvalue weighted by atomic mass is 16.5. The molecule has 21 heavy (non-hydrogen) atoms. The van der Waals surface area contributed by atoms with Crippen LogP contribution in [0.5, 0.6) is 0 Å². The van der Waals surface area contributed by atoms with E-state index < -0.39 is 0 Å². The molecule has 0 radical (unpaired) electrons. The molecule has 2 rings (SSSR count). The molecule has 1 heterocycles. The number of aliphatic hydroxyl groups excluding tert-OH is 1. The zero-order valence-corrected chi connectivity index (χ0v) is 11.9. The Hall–Kier alpha value is -1.92. The first-order valence-electron chi connectivity index (χ1n) is 7.10. The molecule has 0 spiro atoms. The van der Waals surface area contributed by atoms with Crippen LogP contribution in [0.1, 0.15) is 28.8 Å². The van der Waals surface area contributed by atoms with Crippen molar-refractivity contribution in [2.24, 2.45) is 0 Å². The Labute approximate surface area is 123 Å². The van der Waals surface area contributed by atoms with Gasteiger partial charge in [-0.15, -0.1) is 0 Å². The van der Waals surface area contributed by atoms with E-state index in [0.29, 0.717) is 44.6 Å². The molecule has 0 aromatic heterocycles. The minimum absolute atomic E-state index is 0.0119. The number of carbonyl (C=O) groups is 2. The lowest BCUT2D eigenvalue weighted by Gasteiger charge is -2.17. The second kappa shape index (κ2) is 7.75. The van der Waals surface area contributed by atoms with Gasteiger partial charge in [-0.05, 0) is 36.6 Å². The minimum atomic E-state index is -0.128. The van der Waals surface area contributed by atoms with Crippen LogP contribution in [0.3, 0.4) is 0 Å². The fourth-order valence-electron chi connectivity index (χ4n) is 2.17. The van der Waals surface area contributed by atoms with E-state index >= 15 is 0 Å². The van der Waals surface area contributed by atoms with Gasteiger partial charge < -0.3 is 20.5 Å². The maximum Gasteiger partial charge on any atom is 0.251 e. The van der Waals surface area contributed by atoms with Crippen molar-refractivity contribution in [1.29, 1.82) is 0 Å². The zero-order chi connectivity index (χ0) is 15.1. The van der Waals surface area contributed by atoms with E-state index in [2.05, 4.69) is 10.6 Å². The maximum atomic E-state index is 12.0. The normalized spacial score (nSPS) is 13.5. The van der Waals surface area contributed by atoms with Crippen molar-refractivity contribution in [3.05, 3.63) is 29.3 Å². The highest BCUT2D eigenvalue weighted by Gasteiger charge is 2.16. The van der Waals surface area contributed by atoms with Gasteiger partial charge in [0.25, 0.3) is 5.91 Å². The predicted molar refractivity (Wildman–Crippen MR) is 78.2 cm³/mol. The molecule has 1 aromatic carbocycles. The van der Waals surface area contributed by atoms with Crippen molar-refractivity contribution in [2.45, 2.75) is 19.3 Å². The number of amides is 2. The van der Waals surface area contributed by atoms with Crippen molar-refractivity contribution in [3.63, 3.8) is 0 Å². The molecular weight excluding hydrogens is 272 g/mol. The van der Waals surface area contributed by atoms with Crippen LogP contribution in [-0.2, 0) is 16.0 Å². The Morgan fingerprint density at radius 2 is 2.19 bits per heavy atom. The van der Waals surface area contributed by atoms with Gasteiger partial charge in [0.15, 0.2) is 0 Å². The summed E-state index contributed by atoms with van der Waals surface area (Å²) in [5, 5.41) is 14.2. The van der Waals surface area contributed by atoms with Crippen molar-refractivity contribution >= 4 is 17.5 Å². The van der Waals surface area contributed by atoms with E-state index in [0.717, 1.165) is 11.3 Å². The monoisotopic (exact) mass is 292 g/mol. The number of ether oxygens (including phenoxy) is 1. The molecule has 6 nitrogen and oxygen atoms in total. The summed E-state index contributed by atoms with van der Waals surface area (Å²) in [5.41, 5.74) is 2.38. The number of carbonyl (C=O) groups excluding carboxylic acids is 2.